The summed E-state index contributed by atoms with van der Waals surface area (Å²) in [5, 5.41) is 5.29. The minimum Gasteiger partial charge on any atom is -0.469 e. The zero-order chi connectivity index (χ0) is 13.9. The van der Waals surface area contributed by atoms with Crippen molar-refractivity contribution in [1.29, 1.82) is 0 Å². The number of hydrogen-bond donors (Lipinski definition) is 1. The van der Waals surface area contributed by atoms with E-state index in [1.165, 1.54) is 30.6 Å². The van der Waals surface area contributed by atoms with Crippen LogP contribution in [0.2, 0.25) is 0 Å². The SMILES string of the molecule is Cc1occc1C(=O)N[C@H](c1cccs1)C1CCCC1. The predicted octanol–water partition coefficient (Wildman–Crippen LogP) is 4.31. The van der Waals surface area contributed by atoms with E-state index in [0.29, 0.717) is 17.2 Å². The molecule has 106 valence electrons. The van der Waals surface area contributed by atoms with Gasteiger partial charge in [0.15, 0.2) is 0 Å². The molecule has 1 fully saturated rings. The van der Waals surface area contributed by atoms with Crippen LogP contribution < -0.4 is 5.32 Å². The van der Waals surface area contributed by atoms with Crippen LogP contribution in [0.15, 0.2) is 34.3 Å². The van der Waals surface area contributed by atoms with Crippen molar-refractivity contribution in [3.8, 4) is 0 Å². The highest BCUT2D eigenvalue weighted by molar-refractivity contribution is 7.10. The molecule has 0 unspecified atom stereocenters. The number of rotatable bonds is 4. The average molecular weight is 289 g/mol. The summed E-state index contributed by atoms with van der Waals surface area (Å²) in [6, 6.07) is 6.05. The van der Waals surface area contributed by atoms with E-state index in [1.54, 1.807) is 23.7 Å². The third kappa shape index (κ3) is 2.66. The zero-order valence-corrected chi connectivity index (χ0v) is 12.4. The summed E-state index contributed by atoms with van der Waals surface area (Å²) in [6.07, 6.45) is 6.51. The zero-order valence-electron chi connectivity index (χ0n) is 11.6. The Morgan fingerprint density at radius 2 is 2.20 bits per heavy atom. The van der Waals surface area contributed by atoms with E-state index in [1.807, 2.05) is 6.92 Å². The van der Waals surface area contributed by atoms with Crippen LogP contribution in [0.1, 0.15) is 52.7 Å². The first-order valence-corrected chi connectivity index (χ1v) is 8.02. The molecule has 0 bridgehead atoms. The van der Waals surface area contributed by atoms with E-state index in [2.05, 4.69) is 22.8 Å². The van der Waals surface area contributed by atoms with Crippen molar-refractivity contribution in [2.24, 2.45) is 5.92 Å². The third-order valence-corrected chi connectivity index (χ3v) is 5.07. The Kier molecular flexibility index (Phi) is 3.92. The van der Waals surface area contributed by atoms with Crippen molar-refractivity contribution in [1.82, 2.24) is 5.32 Å². The Morgan fingerprint density at radius 3 is 2.80 bits per heavy atom. The molecule has 3 rings (SSSR count). The number of thiophene rings is 1. The van der Waals surface area contributed by atoms with Gasteiger partial charge in [-0.15, -0.1) is 11.3 Å². The molecule has 0 spiro atoms. The van der Waals surface area contributed by atoms with Crippen molar-refractivity contribution < 1.29 is 9.21 Å². The number of carbonyl (C=O) groups excluding carboxylic acids is 1. The van der Waals surface area contributed by atoms with E-state index in [0.717, 1.165) is 0 Å². The number of nitrogens with one attached hydrogen (secondary N) is 1. The lowest BCUT2D eigenvalue weighted by Gasteiger charge is -2.23. The minimum absolute atomic E-state index is 0.0263. The molecule has 1 aliphatic carbocycles. The van der Waals surface area contributed by atoms with Gasteiger partial charge in [-0.1, -0.05) is 18.9 Å². The number of aryl methyl sites for hydroxylation is 1. The molecule has 1 saturated carbocycles. The highest BCUT2D eigenvalue weighted by atomic mass is 32.1. The Hall–Kier alpha value is -1.55. The van der Waals surface area contributed by atoms with Gasteiger partial charge in [0, 0.05) is 4.88 Å². The second-order valence-electron chi connectivity index (χ2n) is 5.40. The number of amides is 1. The minimum atomic E-state index is -0.0263. The van der Waals surface area contributed by atoms with Crippen molar-refractivity contribution in [2.45, 2.75) is 38.6 Å². The van der Waals surface area contributed by atoms with Crippen LogP contribution in [0.3, 0.4) is 0 Å². The molecule has 3 nitrogen and oxygen atoms in total. The highest BCUT2D eigenvalue weighted by Crippen LogP contribution is 2.37. The first kappa shape index (κ1) is 13.4. The predicted molar refractivity (Wildman–Crippen MR) is 79.9 cm³/mol. The van der Waals surface area contributed by atoms with Crippen LogP contribution in [-0.2, 0) is 0 Å². The van der Waals surface area contributed by atoms with Gasteiger partial charge in [-0.05, 0) is 43.2 Å². The number of hydrogen-bond acceptors (Lipinski definition) is 3. The maximum atomic E-state index is 12.4. The summed E-state index contributed by atoms with van der Waals surface area (Å²) in [4.78, 5) is 13.7. The van der Waals surface area contributed by atoms with Crippen LogP contribution in [-0.4, -0.2) is 5.91 Å². The molecular formula is C16H19NO2S. The van der Waals surface area contributed by atoms with Crippen molar-refractivity contribution in [3.63, 3.8) is 0 Å². The molecule has 4 heteroatoms. The lowest BCUT2D eigenvalue weighted by molar-refractivity contribution is 0.0921. The molecule has 0 aliphatic heterocycles. The Balaban J connectivity index is 1.80. The second-order valence-corrected chi connectivity index (χ2v) is 6.38. The lowest BCUT2D eigenvalue weighted by atomic mass is 9.96. The summed E-state index contributed by atoms with van der Waals surface area (Å²) in [5.41, 5.74) is 0.643. The van der Waals surface area contributed by atoms with E-state index >= 15 is 0 Å². The second kappa shape index (κ2) is 5.83. The third-order valence-electron chi connectivity index (χ3n) is 4.11. The van der Waals surface area contributed by atoms with Crippen LogP contribution in [0, 0.1) is 12.8 Å². The molecule has 1 atom stereocenters. The van der Waals surface area contributed by atoms with Crippen molar-refractivity contribution in [2.75, 3.05) is 0 Å². The first-order chi connectivity index (χ1) is 9.75. The summed E-state index contributed by atoms with van der Waals surface area (Å²) in [7, 11) is 0. The monoisotopic (exact) mass is 289 g/mol. The molecule has 2 aromatic rings. The highest BCUT2D eigenvalue weighted by Gasteiger charge is 2.29. The van der Waals surface area contributed by atoms with E-state index in [4.69, 9.17) is 4.42 Å². The van der Waals surface area contributed by atoms with E-state index < -0.39 is 0 Å². The van der Waals surface area contributed by atoms with Gasteiger partial charge in [0.1, 0.15) is 5.76 Å². The molecule has 20 heavy (non-hydrogen) atoms. The van der Waals surface area contributed by atoms with Gasteiger partial charge in [0.05, 0.1) is 17.9 Å². The summed E-state index contributed by atoms with van der Waals surface area (Å²) in [6.45, 7) is 1.82. The van der Waals surface area contributed by atoms with Crippen molar-refractivity contribution >= 4 is 17.2 Å². The van der Waals surface area contributed by atoms with E-state index in [9.17, 15) is 4.79 Å². The van der Waals surface area contributed by atoms with Crippen LogP contribution >= 0.6 is 11.3 Å². The van der Waals surface area contributed by atoms with Crippen molar-refractivity contribution in [3.05, 3.63) is 46.0 Å². The Labute approximate surface area is 123 Å². The fourth-order valence-electron chi connectivity index (χ4n) is 3.02. The topological polar surface area (TPSA) is 42.2 Å². The summed E-state index contributed by atoms with van der Waals surface area (Å²) >= 11 is 1.72. The molecule has 0 aromatic carbocycles. The molecular weight excluding hydrogens is 270 g/mol. The average Bonchev–Trinajstić information content (AvgIpc) is 3.18. The fourth-order valence-corrected chi connectivity index (χ4v) is 3.89. The summed E-state index contributed by atoms with van der Waals surface area (Å²) < 4.78 is 5.23. The van der Waals surface area contributed by atoms with Crippen LogP contribution in [0.25, 0.3) is 0 Å². The van der Waals surface area contributed by atoms with Gasteiger partial charge >= 0.3 is 0 Å². The Morgan fingerprint density at radius 1 is 1.40 bits per heavy atom. The largest absolute Gasteiger partial charge is 0.469 e. The van der Waals surface area contributed by atoms with Gasteiger partial charge in [-0.25, -0.2) is 0 Å². The fraction of sp³-hybridized carbons (Fsp3) is 0.438. The smallest absolute Gasteiger partial charge is 0.255 e. The molecule has 2 heterocycles. The lowest BCUT2D eigenvalue weighted by Crippen LogP contribution is -2.32. The summed E-state index contributed by atoms with van der Waals surface area (Å²) in [5.74, 6) is 1.21. The first-order valence-electron chi connectivity index (χ1n) is 7.14. The van der Waals surface area contributed by atoms with E-state index in [-0.39, 0.29) is 11.9 Å². The maximum Gasteiger partial charge on any atom is 0.255 e. The van der Waals surface area contributed by atoms with Gasteiger partial charge < -0.3 is 9.73 Å². The van der Waals surface area contributed by atoms with Gasteiger partial charge in [-0.2, -0.15) is 0 Å². The molecule has 0 saturated heterocycles. The van der Waals surface area contributed by atoms with Gasteiger partial charge in [-0.3, -0.25) is 4.79 Å². The normalized spacial score (nSPS) is 17.2. The number of carbonyl (C=O) groups is 1. The molecule has 2 aromatic heterocycles. The van der Waals surface area contributed by atoms with Crippen LogP contribution in [0.4, 0.5) is 0 Å². The maximum absolute atomic E-state index is 12.4. The molecule has 0 radical (unpaired) electrons. The van der Waals surface area contributed by atoms with Gasteiger partial charge in [0.2, 0.25) is 0 Å². The molecule has 1 N–H and O–H groups in total. The van der Waals surface area contributed by atoms with Crippen LogP contribution in [0.5, 0.6) is 0 Å². The van der Waals surface area contributed by atoms with Gasteiger partial charge in [0.25, 0.3) is 5.91 Å². The Bertz CT molecular complexity index is 567. The molecule has 1 aliphatic rings. The number of furan rings is 1. The quantitative estimate of drug-likeness (QED) is 0.911. The standard InChI is InChI=1S/C16H19NO2S/c1-11-13(8-9-19-11)16(18)17-15(12-5-2-3-6-12)14-7-4-10-20-14/h4,7-10,12,15H,2-3,5-6H2,1H3,(H,17,18)/t15-/m0/s1. The molecule has 1 amide bonds.